The number of guanidine groups is 1. The second kappa shape index (κ2) is 10.3. The Morgan fingerprint density at radius 3 is 2.71 bits per heavy atom. The largest absolute Gasteiger partial charge is 0.383 e. The SMILES string of the molecule is COCCNC(=NCCCN(C)C(C)C)NN. The van der Waals surface area contributed by atoms with Crippen molar-refractivity contribution in [3.05, 3.63) is 0 Å². The molecule has 0 unspecified atom stereocenters. The summed E-state index contributed by atoms with van der Waals surface area (Å²) in [5, 5.41) is 3.06. The number of aliphatic imine (C=N–C) groups is 1. The lowest BCUT2D eigenvalue weighted by molar-refractivity contribution is 0.203. The van der Waals surface area contributed by atoms with Crippen LogP contribution in [0.15, 0.2) is 4.99 Å². The smallest absolute Gasteiger partial charge is 0.205 e. The molecule has 0 amide bonds. The molecule has 0 aromatic rings. The minimum absolute atomic E-state index is 0.575. The molecule has 6 nitrogen and oxygen atoms in total. The molecule has 0 aliphatic rings. The van der Waals surface area contributed by atoms with Gasteiger partial charge in [-0.1, -0.05) is 0 Å². The highest BCUT2D eigenvalue weighted by Crippen LogP contribution is 1.95. The summed E-state index contributed by atoms with van der Waals surface area (Å²) in [5.74, 6) is 5.97. The number of methoxy groups -OCH3 is 1. The molecule has 102 valence electrons. The van der Waals surface area contributed by atoms with Crippen LogP contribution in [0.4, 0.5) is 0 Å². The normalized spacial score (nSPS) is 12.3. The maximum atomic E-state index is 5.35. The first-order chi connectivity index (χ1) is 8.11. The van der Waals surface area contributed by atoms with E-state index in [1.165, 1.54) is 0 Å². The Morgan fingerprint density at radius 2 is 2.18 bits per heavy atom. The number of nitrogens with zero attached hydrogens (tertiary/aromatic N) is 2. The van der Waals surface area contributed by atoms with Crippen molar-refractivity contribution in [1.29, 1.82) is 0 Å². The van der Waals surface area contributed by atoms with Gasteiger partial charge in [-0.2, -0.15) is 0 Å². The first-order valence-corrected chi connectivity index (χ1v) is 6.06. The Morgan fingerprint density at radius 1 is 1.47 bits per heavy atom. The molecule has 4 N–H and O–H groups in total. The van der Waals surface area contributed by atoms with Crippen LogP contribution in [-0.4, -0.2) is 57.3 Å². The van der Waals surface area contributed by atoms with E-state index < -0.39 is 0 Å². The predicted molar refractivity (Wildman–Crippen MR) is 71.9 cm³/mol. The highest BCUT2D eigenvalue weighted by atomic mass is 16.5. The summed E-state index contributed by atoms with van der Waals surface area (Å²) < 4.78 is 4.93. The predicted octanol–water partition coefficient (Wildman–Crippen LogP) is -0.228. The molecule has 0 heterocycles. The molecule has 0 fully saturated rings. The third-order valence-electron chi connectivity index (χ3n) is 2.56. The molecule has 0 bridgehead atoms. The highest BCUT2D eigenvalue weighted by Gasteiger charge is 2.01. The van der Waals surface area contributed by atoms with Gasteiger partial charge in [-0.3, -0.25) is 10.4 Å². The third kappa shape index (κ3) is 8.91. The Balaban J connectivity index is 3.71. The van der Waals surface area contributed by atoms with Gasteiger partial charge < -0.3 is 15.0 Å². The Bertz CT molecular complexity index is 208. The molecule has 0 radical (unpaired) electrons. The van der Waals surface area contributed by atoms with E-state index in [1.54, 1.807) is 7.11 Å². The molecule has 0 rings (SSSR count). The van der Waals surface area contributed by atoms with Crippen molar-refractivity contribution < 1.29 is 4.74 Å². The van der Waals surface area contributed by atoms with Crippen LogP contribution < -0.4 is 16.6 Å². The molecule has 0 aliphatic heterocycles. The van der Waals surface area contributed by atoms with E-state index >= 15 is 0 Å². The van der Waals surface area contributed by atoms with E-state index in [-0.39, 0.29) is 0 Å². The maximum absolute atomic E-state index is 5.35. The second-order valence-corrected chi connectivity index (χ2v) is 4.22. The summed E-state index contributed by atoms with van der Waals surface area (Å²) in [7, 11) is 3.78. The van der Waals surface area contributed by atoms with E-state index in [0.29, 0.717) is 25.2 Å². The molecule has 0 aliphatic carbocycles. The summed E-state index contributed by atoms with van der Waals surface area (Å²) in [6.07, 6.45) is 1.02. The van der Waals surface area contributed by atoms with Crippen LogP contribution in [-0.2, 0) is 4.74 Å². The lowest BCUT2D eigenvalue weighted by Gasteiger charge is -2.20. The third-order valence-corrected chi connectivity index (χ3v) is 2.56. The molecule has 17 heavy (non-hydrogen) atoms. The molecule has 6 heteroatoms. The molecule has 0 aromatic heterocycles. The van der Waals surface area contributed by atoms with Crippen LogP contribution in [0.1, 0.15) is 20.3 Å². The van der Waals surface area contributed by atoms with Crippen molar-refractivity contribution in [2.24, 2.45) is 10.8 Å². The molecule has 0 aromatic carbocycles. The number of hydrazine groups is 1. The molecule has 0 saturated carbocycles. The Labute approximate surface area is 105 Å². The summed E-state index contributed by atoms with van der Waals surface area (Å²) >= 11 is 0. The molecule has 0 spiro atoms. The van der Waals surface area contributed by atoms with Gasteiger partial charge in [0.2, 0.25) is 5.96 Å². The van der Waals surface area contributed by atoms with Crippen LogP contribution in [0.3, 0.4) is 0 Å². The second-order valence-electron chi connectivity index (χ2n) is 4.22. The number of hydrogen-bond acceptors (Lipinski definition) is 4. The van der Waals surface area contributed by atoms with Gasteiger partial charge in [-0.25, -0.2) is 5.84 Å². The number of hydrogen-bond donors (Lipinski definition) is 3. The fourth-order valence-corrected chi connectivity index (χ4v) is 1.19. The minimum atomic E-state index is 0.575. The fraction of sp³-hybridized carbons (Fsp3) is 0.909. The summed E-state index contributed by atoms with van der Waals surface area (Å²) in [4.78, 5) is 6.63. The topological polar surface area (TPSA) is 74.9 Å². The average Bonchev–Trinajstić information content (AvgIpc) is 2.31. The lowest BCUT2D eigenvalue weighted by atomic mass is 10.3. The molecular formula is C11H27N5O. The number of ether oxygens (including phenoxy) is 1. The van der Waals surface area contributed by atoms with Gasteiger partial charge in [0.1, 0.15) is 0 Å². The fourth-order valence-electron chi connectivity index (χ4n) is 1.19. The molecule has 0 saturated heterocycles. The summed E-state index contributed by atoms with van der Waals surface area (Å²) in [6.45, 7) is 7.50. The van der Waals surface area contributed by atoms with E-state index in [9.17, 15) is 0 Å². The monoisotopic (exact) mass is 245 g/mol. The van der Waals surface area contributed by atoms with Crippen LogP contribution in [0.5, 0.6) is 0 Å². The van der Waals surface area contributed by atoms with E-state index in [1.807, 2.05) is 0 Å². The quantitative estimate of drug-likeness (QED) is 0.181. The number of rotatable bonds is 8. The maximum Gasteiger partial charge on any atom is 0.205 e. The van der Waals surface area contributed by atoms with Gasteiger partial charge in [-0.05, 0) is 33.9 Å². The Kier molecular flexibility index (Phi) is 9.80. The first-order valence-electron chi connectivity index (χ1n) is 6.06. The zero-order valence-corrected chi connectivity index (χ0v) is 11.5. The van der Waals surface area contributed by atoms with Crippen molar-refractivity contribution >= 4 is 5.96 Å². The van der Waals surface area contributed by atoms with Gasteiger partial charge in [0, 0.05) is 26.2 Å². The summed E-state index contributed by atoms with van der Waals surface area (Å²) in [5.41, 5.74) is 2.54. The average molecular weight is 245 g/mol. The molecule has 0 atom stereocenters. The van der Waals surface area contributed by atoms with Crippen molar-refractivity contribution in [2.75, 3.05) is 40.4 Å². The van der Waals surface area contributed by atoms with Crippen molar-refractivity contribution in [2.45, 2.75) is 26.3 Å². The van der Waals surface area contributed by atoms with Gasteiger partial charge in [0.25, 0.3) is 0 Å². The molecular weight excluding hydrogens is 218 g/mol. The lowest BCUT2D eigenvalue weighted by Crippen LogP contribution is -2.43. The van der Waals surface area contributed by atoms with Crippen molar-refractivity contribution in [3.63, 3.8) is 0 Å². The van der Waals surface area contributed by atoms with Crippen molar-refractivity contribution in [1.82, 2.24) is 15.6 Å². The van der Waals surface area contributed by atoms with E-state index in [4.69, 9.17) is 10.6 Å². The van der Waals surface area contributed by atoms with Gasteiger partial charge >= 0.3 is 0 Å². The van der Waals surface area contributed by atoms with Crippen LogP contribution in [0.25, 0.3) is 0 Å². The van der Waals surface area contributed by atoms with Crippen LogP contribution in [0.2, 0.25) is 0 Å². The first kappa shape index (κ1) is 16.1. The van der Waals surface area contributed by atoms with Gasteiger partial charge in [0.05, 0.1) is 6.61 Å². The van der Waals surface area contributed by atoms with E-state index in [2.05, 4.69) is 41.5 Å². The summed E-state index contributed by atoms with van der Waals surface area (Å²) in [6, 6.07) is 0.575. The van der Waals surface area contributed by atoms with E-state index in [0.717, 1.165) is 19.5 Å². The van der Waals surface area contributed by atoms with Crippen LogP contribution in [0, 0.1) is 0 Å². The zero-order chi connectivity index (χ0) is 13.1. The number of nitrogens with two attached hydrogens (primary N) is 1. The zero-order valence-electron chi connectivity index (χ0n) is 11.5. The Hall–Kier alpha value is -0.850. The standard InChI is InChI=1S/C11H27N5O/c1-10(2)16(3)8-5-6-13-11(15-12)14-7-9-17-4/h10H,5-9,12H2,1-4H3,(H2,13,14,15). The van der Waals surface area contributed by atoms with Crippen LogP contribution >= 0.6 is 0 Å². The van der Waals surface area contributed by atoms with Crippen molar-refractivity contribution in [3.8, 4) is 0 Å². The van der Waals surface area contributed by atoms with Gasteiger partial charge in [-0.15, -0.1) is 0 Å². The number of nitrogens with one attached hydrogen (secondary N) is 2. The van der Waals surface area contributed by atoms with Gasteiger partial charge in [0.15, 0.2) is 0 Å². The minimum Gasteiger partial charge on any atom is -0.383 e. The highest BCUT2D eigenvalue weighted by molar-refractivity contribution is 5.79.